The van der Waals surface area contributed by atoms with E-state index in [1.165, 1.54) is 24.8 Å². The molecule has 4 nitrogen and oxygen atoms in total. The Kier molecular flexibility index (Phi) is 4.69. The quantitative estimate of drug-likeness (QED) is 0.917. The zero-order chi connectivity index (χ0) is 17.1. The Morgan fingerprint density at radius 2 is 2.17 bits per heavy atom. The Morgan fingerprint density at radius 3 is 2.92 bits per heavy atom. The number of fused-ring (bicyclic) bond motifs is 1. The summed E-state index contributed by atoms with van der Waals surface area (Å²) in [5, 5.41) is 2.90. The third-order valence-corrected chi connectivity index (χ3v) is 4.09. The number of methoxy groups -OCH3 is 1. The Bertz CT molecular complexity index is 760. The summed E-state index contributed by atoms with van der Waals surface area (Å²) in [5.41, 5.74) is 2.64. The number of halogens is 1. The molecular weight excluding hydrogens is 309 g/mol. The Morgan fingerprint density at radius 1 is 1.33 bits per heavy atom. The van der Waals surface area contributed by atoms with Crippen LogP contribution >= 0.6 is 0 Å². The van der Waals surface area contributed by atoms with Crippen molar-refractivity contribution >= 4 is 5.91 Å². The number of hydrogen-bond donors (Lipinski definition) is 1. The van der Waals surface area contributed by atoms with Gasteiger partial charge in [0, 0.05) is 18.0 Å². The van der Waals surface area contributed by atoms with Crippen LogP contribution in [0.4, 0.5) is 4.39 Å². The van der Waals surface area contributed by atoms with Gasteiger partial charge >= 0.3 is 0 Å². The van der Waals surface area contributed by atoms with Crippen LogP contribution in [0.2, 0.25) is 0 Å². The van der Waals surface area contributed by atoms with E-state index in [1.54, 1.807) is 6.07 Å². The highest BCUT2D eigenvalue weighted by Gasteiger charge is 2.15. The van der Waals surface area contributed by atoms with E-state index in [0.29, 0.717) is 6.42 Å². The number of carbonyl (C=O) groups is 1. The third-order valence-electron chi connectivity index (χ3n) is 4.09. The van der Waals surface area contributed by atoms with Crippen molar-refractivity contribution in [2.45, 2.75) is 25.8 Å². The molecule has 1 atom stereocenters. The van der Waals surface area contributed by atoms with Crippen LogP contribution in [0.1, 0.15) is 28.4 Å². The summed E-state index contributed by atoms with van der Waals surface area (Å²) in [7, 11) is 1.39. The van der Waals surface area contributed by atoms with E-state index in [-0.39, 0.29) is 23.3 Å². The molecule has 1 amide bonds. The van der Waals surface area contributed by atoms with Gasteiger partial charge in [-0.1, -0.05) is 12.1 Å². The van der Waals surface area contributed by atoms with Gasteiger partial charge in [0.2, 0.25) is 0 Å². The first-order valence-electron chi connectivity index (χ1n) is 7.96. The minimum absolute atomic E-state index is 0.0666. The second-order valence-corrected chi connectivity index (χ2v) is 5.97. The van der Waals surface area contributed by atoms with Gasteiger partial charge in [0.25, 0.3) is 5.91 Å². The van der Waals surface area contributed by atoms with Gasteiger partial charge in [-0.15, -0.1) is 0 Å². The lowest BCUT2D eigenvalue weighted by Gasteiger charge is -2.15. The molecule has 2 aromatic rings. The number of nitrogens with one attached hydrogen (secondary N) is 1. The number of rotatable bonds is 5. The number of hydrogen-bond acceptors (Lipinski definition) is 3. The van der Waals surface area contributed by atoms with Gasteiger partial charge in [-0.05, 0) is 48.7 Å². The van der Waals surface area contributed by atoms with Crippen LogP contribution in [-0.2, 0) is 12.8 Å². The first-order chi connectivity index (χ1) is 11.6. The minimum Gasteiger partial charge on any atom is -0.494 e. The lowest BCUT2D eigenvalue weighted by Crippen LogP contribution is -2.34. The fourth-order valence-corrected chi connectivity index (χ4v) is 2.89. The fraction of sp³-hybridized carbons (Fsp3) is 0.316. The van der Waals surface area contributed by atoms with Crippen molar-refractivity contribution in [2.75, 3.05) is 13.7 Å². The van der Waals surface area contributed by atoms with E-state index in [1.807, 2.05) is 19.1 Å². The molecule has 0 bridgehead atoms. The maximum Gasteiger partial charge on any atom is 0.251 e. The molecule has 1 heterocycles. The summed E-state index contributed by atoms with van der Waals surface area (Å²) in [6, 6.07) is 10.2. The molecule has 3 rings (SSSR count). The molecular formula is C19H20FNO3. The van der Waals surface area contributed by atoms with Crippen molar-refractivity contribution in [3.05, 3.63) is 58.9 Å². The molecule has 0 fully saturated rings. The molecule has 126 valence electrons. The molecule has 0 aromatic heterocycles. The zero-order valence-electron chi connectivity index (χ0n) is 13.8. The fourth-order valence-electron chi connectivity index (χ4n) is 2.89. The van der Waals surface area contributed by atoms with Crippen molar-refractivity contribution in [1.29, 1.82) is 0 Å². The molecule has 0 radical (unpaired) electrons. The van der Waals surface area contributed by atoms with Gasteiger partial charge < -0.3 is 14.8 Å². The largest absolute Gasteiger partial charge is 0.494 e. The van der Waals surface area contributed by atoms with E-state index in [0.717, 1.165) is 24.3 Å². The molecule has 0 saturated carbocycles. The smallest absolute Gasteiger partial charge is 0.251 e. The predicted octanol–water partition coefficient (Wildman–Crippen LogP) is 3.13. The summed E-state index contributed by atoms with van der Waals surface area (Å²) in [6.07, 6.45) is 1.63. The van der Waals surface area contributed by atoms with Crippen molar-refractivity contribution in [1.82, 2.24) is 5.32 Å². The van der Waals surface area contributed by atoms with E-state index in [2.05, 4.69) is 11.4 Å². The van der Waals surface area contributed by atoms with Crippen LogP contribution in [0, 0.1) is 5.82 Å². The topological polar surface area (TPSA) is 47.6 Å². The van der Waals surface area contributed by atoms with E-state index in [4.69, 9.17) is 9.47 Å². The SMILES string of the molecule is COc1ccc(C(=O)NC(C)Cc2ccc3c(c2)CCO3)cc1F. The van der Waals surface area contributed by atoms with Crippen molar-refractivity contribution in [2.24, 2.45) is 0 Å². The Hall–Kier alpha value is -2.56. The Balaban J connectivity index is 1.63. The summed E-state index contributed by atoms with van der Waals surface area (Å²) >= 11 is 0. The van der Waals surface area contributed by atoms with Crippen LogP contribution in [0.25, 0.3) is 0 Å². The highest BCUT2D eigenvalue weighted by atomic mass is 19.1. The van der Waals surface area contributed by atoms with Gasteiger partial charge in [-0.2, -0.15) is 0 Å². The van der Waals surface area contributed by atoms with Gasteiger partial charge in [0.15, 0.2) is 11.6 Å². The monoisotopic (exact) mass is 329 g/mol. The lowest BCUT2D eigenvalue weighted by atomic mass is 10.0. The van der Waals surface area contributed by atoms with Gasteiger partial charge in [0.1, 0.15) is 5.75 Å². The number of carbonyl (C=O) groups excluding carboxylic acids is 1. The average molecular weight is 329 g/mol. The standard InChI is InChI=1S/C19H20FNO3/c1-12(9-13-3-5-17-14(10-13)7-8-24-17)21-19(22)15-4-6-18(23-2)16(20)11-15/h3-6,10-12H,7-9H2,1-2H3,(H,21,22). The van der Waals surface area contributed by atoms with E-state index in [9.17, 15) is 9.18 Å². The first-order valence-corrected chi connectivity index (χ1v) is 7.96. The van der Waals surface area contributed by atoms with Crippen molar-refractivity contribution in [3.8, 4) is 11.5 Å². The average Bonchev–Trinajstić information content (AvgIpc) is 3.02. The number of ether oxygens (including phenoxy) is 2. The lowest BCUT2D eigenvalue weighted by molar-refractivity contribution is 0.0939. The van der Waals surface area contributed by atoms with Crippen molar-refractivity contribution in [3.63, 3.8) is 0 Å². The Labute approximate surface area is 140 Å². The maximum absolute atomic E-state index is 13.7. The summed E-state index contributed by atoms with van der Waals surface area (Å²) in [6.45, 7) is 2.66. The molecule has 2 aromatic carbocycles. The van der Waals surface area contributed by atoms with Crippen molar-refractivity contribution < 1.29 is 18.7 Å². The minimum atomic E-state index is -0.545. The highest BCUT2D eigenvalue weighted by molar-refractivity contribution is 5.94. The molecule has 1 unspecified atom stereocenters. The maximum atomic E-state index is 13.7. The van der Waals surface area contributed by atoms with Gasteiger partial charge in [0.05, 0.1) is 13.7 Å². The summed E-state index contributed by atoms with van der Waals surface area (Å²) in [5.74, 6) is 0.231. The molecule has 1 aliphatic rings. The van der Waals surface area contributed by atoms with Crippen LogP contribution in [-0.4, -0.2) is 25.7 Å². The summed E-state index contributed by atoms with van der Waals surface area (Å²) in [4.78, 5) is 12.2. The number of benzene rings is 2. The summed E-state index contributed by atoms with van der Waals surface area (Å²) < 4.78 is 24.1. The normalized spacial score (nSPS) is 13.8. The molecule has 1 N–H and O–H groups in total. The highest BCUT2D eigenvalue weighted by Crippen LogP contribution is 2.26. The second kappa shape index (κ2) is 6.91. The molecule has 24 heavy (non-hydrogen) atoms. The molecule has 0 saturated heterocycles. The third kappa shape index (κ3) is 3.50. The predicted molar refractivity (Wildman–Crippen MR) is 89.2 cm³/mol. The van der Waals surface area contributed by atoms with E-state index < -0.39 is 5.82 Å². The van der Waals surface area contributed by atoms with E-state index >= 15 is 0 Å². The zero-order valence-corrected chi connectivity index (χ0v) is 13.8. The van der Waals surface area contributed by atoms with Gasteiger partial charge in [-0.25, -0.2) is 4.39 Å². The molecule has 0 aliphatic carbocycles. The van der Waals surface area contributed by atoms with Crippen LogP contribution < -0.4 is 14.8 Å². The molecule has 1 aliphatic heterocycles. The second-order valence-electron chi connectivity index (χ2n) is 5.97. The molecule has 5 heteroatoms. The van der Waals surface area contributed by atoms with Crippen LogP contribution in [0.5, 0.6) is 11.5 Å². The first kappa shape index (κ1) is 16.3. The van der Waals surface area contributed by atoms with Crippen LogP contribution in [0.15, 0.2) is 36.4 Å². The number of amides is 1. The van der Waals surface area contributed by atoms with Gasteiger partial charge in [-0.3, -0.25) is 4.79 Å². The molecule has 0 spiro atoms. The van der Waals surface area contributed by atoms with Crippen LogP contribution in [0.3, 0.4) is 0 Å².